The lowest BCUT2D eigenvalue weighted by Gasteiger charge is -2.24. The van der Waals surface area contributed by atoms with E-state index in [4.69, 9.17) is 0 Å². The van der Waals surface area contributed by atoms with Crippen LogP contribution in [0.3, 0.4) is 0 Å². The summed E-state index contributed by atoms with van der Waals surface area (Å²) in [4.78, 5) is 12.5. The molecule has 2 N–H and O–H groups in total. The number of anilines is 1. The van der Waals surface area contributed by atoms with Crippen molar-refractivity contribution in [3.63, 3.8) is 0 Å². The van der Waals surface area contributed by atoms with E-state index in [1.54, 1.807) is 12.1 Å². The van der Waals surface area contributed by atoms with Crippen molar-refractivity contribution < 1.29 is 9.18 Å². The molecule has 26 heavy (non-hydrogen) atoms. The molecule has 0 aromatic heterocycles. The predicted molar refractivity (Wildman–Crippen MR) is 102 cm³/mol. The van der Waals surface area contributed by atoms with Crippen molar-refractivity contribution in [2.75, 3.05) is 5.32 Å². The molecule has 0 aliphatic carbocycles. The Hall–Kier alpha value is -2.98. The molecule has 0 spiro atoms. The molecule has 0 fully saturated rings. The summed E-state index contributed by atoms with van der Waals surface area (Å²) in [5.41, 5.74) is 2.74. The number of benzene rings is 3. The summed E-state index contributed by atoms with van der Waals surface area (Å²) in [6.45, 7) is 1.82. The SMILES string of the molecule is C[C@@H](NC(c1ccccc1)c1ccccc1)C(=O)Nc1ccc(F)cc1. The molecule has 0 saturated heterocycles. The van der Waals surface area contributed by atoms with Crippen molar-refractivity contribution in [2.45, 2.75) is 19.0 Å². The van der Waals surface area contributed by atoms with Crippen molar-refractivity contribution in [1.29, 1.82) is 0 Å². The Balaban J connectivity index is 1.75. The second kappa shape index (κ2) is 8.41. The molecule has 0 unspecified atom stereocenters. The van der Waals surface area contributed by atoms with Crippen LogP contribution in [0.25, 0.3) is 0 Å². The molecular formula is C22H21FN2O. The van der Waals surface area contributed by atoms with Gasteiger partial charge in [-0.3, -0.25) is 10.1 Å². The fourth-order valence-electron chi connectivity index (χ4n) is 2.79. The Morgan fingerprint density at radius 1 is 0.808 bits per heavy atom. The lowest BCUT2D eigenvalue weighted by molar-refractivity contribution is -0.117. The largest absolute Gasteiger partial charge is 0.325 e. The molecule has 3 aromatic rings. The average molecular weight is 348 g/mol. The van der Waals surface area contributed by atoms with Gasteiger partial charge in [0.1, 0.15) is 5.82 Å². The first-order chi connectivity index (χ1) is 12.6. The third-order valence-corrected chi connectivity index (χ3v) is 4.19. The summed E-state index contributed by atoms with van der Waals surface area (Å²) in [6.07, 6.45) is 0. The number of halogens is 1. The normalized spacial score (nSPS) is 12.0. The highest BCUT2D eigenvalue weighted by Gasteiger charge is 2.20. The number of hydrogen-bond acceptors (Lipinski definition) is 2. The van der Waals surface area contributed by atoms with Crippen LogP contribution in [0.4, 0.5) is 10.1 Å². The maximum atomic E-state index is 13.0. The van der Waals surface area contributed by atoms with Crippen molar-refractivity contribution in [3.05, 3.63) is 102 Å². The van der Waals surface area contributed by atoms with Crippen LogP contribution in [-0.2, 0) is 4.79 Å². The Kier molecular flexibility index (Phi) is 5.77. The first kappa shape index (κ1) is 17.8. The Morgan fingerprint density at radius 3 is 1.81 bits per heavy atom. The minimum Gasteiger partial charge on any atom is -0.325 e. The predicted octanol–water partition coefficient (Wildman–Crippen LogP) is 4.53. The van der Waals surface area contributed by atoms with Crippen molar-refractivity contribution in [1.82, 2.24) is 5.32 Å². The smallest absolute Gasteiger partial charge is 0.241 e. The Bertz CT molecular complexity index is 796. The van der Waals surface area contributed by atoms with E-state index in [9.17, 15) is 9.18 Å². The second-order valence-corrected chi connectivity index (χ2v) is 6.14. The molecule has 1 amide bonds. The van der Waals surface area contributed by atoms with Crippen LogP contribution in [0.2, 0.25) is 0 Å². The highest BCUT2D eigenvalue weighted by atomic mass is 19.1. The molecule has 3 nitrogen and oxygen atoms in total. The highest BCUT2D eigenvalue weighted by Crippen LogP contribution is 2.22. The van der Waals surface area contributed by atoms with E-state index in [-0.39, 0.29) is 17.8 Å². The lowest BCUT2D eigenvalue weighted by Crippen LogP contribution is -2.40. The molecule has 3 rings (SSSR count). The summed E-state index contributed by atoms with van der Waals surface area (Å²) < 4.78 is 13.0. The zero-order valence-electron chi connectivity index (χ0n) is 14.5. The van der Waals surface area contributed by atoms with Gasteiger partial charge in [0.15, 0.2) is 0 Å². The van der Waals surface area contributed by atoms with Crippen molar-refractivity contribution >= 4 is 11.6 Å². The summed E-state index contributed by atoms with van der Waals surface area (Å²) >= 11 is 0. The Labute approximate surface area is 152 Å². The number of nitrogens with one attached hydrogen (secondary N) is 2. The van der Waals surface area contributed by atoms with E-state index in [0.29, 0.717) is 5.69 Å². The van der Waals surface area contributed by atoms with Crippen molar-refractivity contribution in [2.24, 2.45) is 0 Å². The molecule has 3 aromatic carbocycles. The summed E-state index contributed by atoms with van der Waals surface area (Å²) in [5.74, 6) is -0.504. The van der Waals surface area contributed by atoms with Gasteiger partial charge in [-0.1, -0.05) is 60.7 Å². The highest BCUT2D eigenvalue weighted by molar-refractivity contribution is 5.94. The molecule has 0 saturated carbocycles. The second-order valence-electron chi connectivity index (χ2n) is 6.14. The van der Waals surface area contributed by atoms with Gasteiger partial charge < -0.3 is 5.32 Å². The van der Waals surface area contributed by atoms with Crippen LogP contribution in [0.1, 0.15) is 24.1 Å². The van der Waals surface area contributed by atoms with E-state index in [1.807, 2.05) is 67.6 Å². The van der Waals surface area contributed by atoms with Gasteiger partial charge in [0.05, 0.1) is 12.1 Å². The monoisotopic (exact) mass is 348 g/mol. The molecule has 0 aliphatic heterocycles. The third-order valence-electron chi connectivity index (χ3n) is 4.19. The van der Waals surface area contributed by atoms with Gasteiger partial charge in [0, 0.05) is 5.69 Å². The summed E-state index contributed by atoms with van der Waals surface area (Å²) in [7, 11) is 0. The number of hydrogen-bond donors (Lipinski definition) is 2. The molecule has 1 atom stereocenters. The van der Waals surface area contributed by atoms with Crippen LogP contribution >= 0.6 is 0 Å². The van der Waals surface area contributed by atoms with Crippen LogP contribution in [0, 0.1) is 5.82 Å². The maximum absolute atomic E-state index is 13.0. The molecular weight excluding hydrogens is 327 g/mol. The number of rotatable bonds is 6. The van der Waals surface area contributed by atoms with E-state index >= 15 is 0 Å². The zero-order valence-corrected chi connectivity index (χ0v) is 14.5. The van der Waals surface area contributed by atoms with Gasteiger partial charge in [-0.05, 0) is 42.3 Å². The van der Waals surface area contributed by atoms with Gasteiger partial charge in [-0.25, -0.2) is 4.39 Å². The maximum Gasteiger partial charge on any atom is 0.241 e. The van der Waals surface area contributed by atoms with E-state index < -0.39 is 6.04 Å². The van der Waals surface area contributed by atoms with Gasteiger partial charge in [0.25, 0.3) is 0 Å². The van der Waals surface area contributed by atoms with E-state index in [1.165, 1.54) is 12.1 Å². The fraction of sp³-hybridized carbons (Fsp3) is 0.136. The Morgan fingerprint density at radius 2 is 1.31 bits per heavy atom. The zero-order chi connectivity index (χ0) is 18.4. The number of carbonyl (C=O) groups excluding carboxylic acids is 1. The van der Waals surface area contributed by atoms with E-state index in [2.05, 4.69) is 10.6 Å². The standard InChI is InChI=1S/C22H21FN2O/c1-16(22(26)25-20-14-12-19(23)13-15-20)24-21(17-8-4-2-5-9-17)18-10-6-3-7-11-18/h2-16,21,24H,1H3,(H,25,26)/t16-/m1/s1. The molecule has 0 bridgehead atoms. The van der Waals surface area contributed by atoms with Crippen LogP contribution in [0.5, 0.6) is 0 Å². The van der Waals surface area contributed by atoms with Crippen LogP contribution in [-0.4, -0.2) is 11.9 Å². The third kappa shape index (κ3) is 4.55. The average Bonchev–Trinajstić information content (AvgIpc) is 2.69. The molecule has 4 heteroatoms. The molecule has 0 radical (unpaired) electrons. The minimum atomic E-state index is -0.439. The minimum absolute atomic E-state index is 0.105. The first-order valence-corrected chi connectivity index (χ1v) is 8.56. The molecule has 132 valence electrons. The topological polar surface area (TPSA) is 41.1 Å². The van der Waals surface area contributed by atoms with Crippen LogP contribution in [0.15, 0.2) is 84.9 Å². The quantitative estimate of drug-likeness (QED) is 0.687. The van der Waals surface area contributed by atoms with Gasteiger partial charge >= 0.3 is 0 Å². The van der Waals surface area contributed by atoms with Gasteiger partial charge in [-0.15, -0.1) is 0 Å². The van der Waals surface area contributed by atoms with Gasteiger partial charge in [-0.2, -0.15) is 0 Å². The number of carbonyl (C=O) groups is 1. The summed E-state index contributed by atoms with van der Waals surface area (Å²) in [6, 6.07) is 25.2. The summed E-state index contributed by atoms with van der Waals surface area (Å²) in [5, 5.41) is 6.20. The molecule has 0 heterocycles. The first-order valence-electron chi connectivity index (χ1n) is 8.56. The number of amides is 1. The molecule has 0 aliphatic rings. The van der Waals surface area contributed by atoms with E-state index in [0.717, 1.165) is 11.1 Å². The van der Waals surface area contributed by atoms with Gasteiger partial charge in [0.2, 0.25) is 5.91 Å². The fourth-order valence-corrected chi connectivity index (χ4v) is 2.79. The lowest BCUT2D eigenvalue weighted by atomic mass is 9.98. The van der Waals surface area contributed by atoms with Crippen LogP contribution < -0.4 is 10.6 Å². The van der Waals surface area contributed by atoms with Crippen molar-refractivity contribution in [3.8, 4) is 0 Å².